The van der Waals surface area contributed by atoms with E-state index in [9.17, 15) is 8.78 Å². The fourth-order valence-electron chi connectivity index (χ4n) is 2.67. The van der Waals surface area contributed by atoms with Crippen molar-refractivity contribution in [1.29, 1.82) is 0 Å². The fraction of sp³-hybridized carbons (Fsp3) is 0.158. The van der Waals surface area contributed by atoms with Gasteiger partial charge in [0.1, 0.15) is 18.1 Å². The van der Waals surface area contributed by atoms with E-state index in [1.807, 2.05) is 0 Å². The van der Waals surface area contributed by atoms with Crippen LogP contribution in [0.15, 0.2) is 45.3 Å². The average molecular weight is 400 g/mol. The first-order valence-electron chi connectivity index (χ1n) is 8.39. The van der Waals surface area contributed by atoms with Gasteiger partial charge < -0.3 is 18.4 Å². The van der Waals surface area contributed by atoms with Crippen molar-refractivity contribution >= 4 is 0 Å². The highest BCUT2D eigenvalue weighted by Crippen LogP contribution is 2.31. The van der Waals surface area contributed by atoms with Crippen molar-refractivity contribution in [2.24, 2.45) is 0 Å². The molecule has 2 aromatic heterocycles. The van der Waals surface area contributed by atoms with E-state index < -0.39 is 11.6 Å². The molecular weight excluding hydrogens is 386 g/mol. The number of halogens is 2. The van der Waals surface area contributed by atoms with Crippen LogP contribution in [0.4, 0.5) is 8.78 Å². The summed E-state index contributed by atoms with van der Waals surface area (Å²) in [5.41, 5.74) is 0.803. The van der Waals surface area contributed by atoms with Gasteiger partial charge in [-0.3, -0.25) is 0 Å². The first kappa shape index (κ1) is 18.5. The van der Waals surface area contributed by atoms with Gasteiger partial charge >= 0.3 is 0 Å². The third-order valence-corrected chi connectivity index (χ3v) is 3.99. The lowest BCUT2D eigenvalue weighted by atomic mass is 10.2. The van der Waals surface area contributed by atoms with Crippen molar-refractivity contribution in [3.8, 4) is 34.3 Å². The molecule has 4 aromatic rings. The maximum atomic E-state index is 13.4. The SMILES string of the molecule is COc1ccc(-c2noc(Cc3nnc(-c4cc(F)cc(F)c4)o3)n2)cc1OC. The van der Waals surface area contributed by atoms with Gasteiger partial charge in [0.25, 0.3) is 0 Å². The second kappa shape index (κ2) is 7.66. The smallest absolute Gasteiger partial charge is 0.247 e. The molecule has 0 aliphatic carbocycles. The molecule has 10 heteroatoms. The van der Waals surface area contributed by atoms with Crippen molar-refractivity contribution in [2.45, 2.75) is 6.42 Å². The molecule has 0 atom stereocenters. The first-order valence-corrected chi connectivity index (χ1v) is 8.39. The van der Waals surface area contributed by atoms with Gasteiger partial charge in [-0.25, -0.2) is 8.78 Å². The monoisotopic (exact) mass is 400 g/mol. The Labute approximate surface area is 163 Å². The van der Waals surface area contributed by atoms with E-state index in [1.165, 1.54) is 7.11 Å². The highest BCUT2D eigenvalue weighted by atomic mass is 19.1. The Morgan fingerprint density at radius 2 is 1.62 bits per heavy atom. The number of methoxy groups -OCH3 is 2. The summed E-state index contributed by atoms with van der Waals surface area (Å²) in [4.78, 5) is 4.29. The van der Waals surface area contributed by atoms with Gasteiger partial charge in [-0.2, -0.15) is 4.98 Å². The highest BCUT2D eigenvalue weighted by molar-refractivity contribution is 5.60. The number of aromatic nitrogens is 4. The molecule has 2 aromatic carbocycles. The van der Waals surface area contributed by atoms with Gasteiger partial charge in [-0.1, -0.05) is 5.16 Å². The molecule has 0 spiro atoms. The van der Waals surface area contributed by atoms with E-state index in [0.29, 0.717) is 22.9 Å². The third-order valence-electron chi connectivity index (χ3n) is 3.99. The standard InChI is InChI=1S/C19H14F2N4O4/c1-26-14-4-3-10(7-15(14)27-2)18-22-16(29-25-18)9-17-23-24-19(28-17)11-5-12(20)8-13(21)6-11/h3-8H,9H2,1-2H3. The Kier molecular flexibility index (Phi) is 4.90. The molecule has 8 nitrogen and oxygen atoms in total. The van der Waals surface area contributed by atoms with Crippen LogP contribution in [0.2, 0.25) is 0 Å². The number of benzene rings is 2. The quantitative estimate of drug-likeness (QED) is 0.484. The summed E-state index contributed by atoms with van der Waals surface area (Å²) in [5, 5.41) is 11.6. The van der Waals surface area contributed by atoms with Crippen LogP contribution in [-0.2, 0) is 6.42 Å². The van der Waals surface area contributed by atoms with Crippen LogP contribution in [0.5, 0.6) is 11.5 Å². The second-order valence-electron chi connectivity index (χ2n) is 5.92. The normalized spacial score (nSPS) is 10.9. The molecule has 0 bridgehead atoms. The van der Waals surface area contributed by atoms with Crippen molar-refractivity contribution in [3.05, 3.63) is 59.8 Å². The lowest BCUT2D eigenvalue weighted by Crippen LogP contribution is -1.92. The van der Waals surface area contributed by atoms with Gasteiger partial charge in [0.2, 0.25) is 23.5 Å². The molecule has 29 heavy (non-hydrogen) atoms. The molecule has 0 saturated heterocycles. The molecule has 0 amide bonds. The number of nitrogens with zero attached hydrogens (tertiary/aromatic N) is 4. The first-order chi connectivity index (χ1) is 14.1. The number of rotatable bonds is 6. The summed E-state index contributed by atoms with van der Waals surface area (Å²) in [5.74, 6) is 0.341. The molecule has 0 radical (unpaired) electrons. The number of hydrogen-bond acceptors (Lipinski definition) is 8. The Morgan fingerprint density at radius 3 is 2.34 bits per heavy atom. The summed E-state index contributed by atoms with van der Waals surface area (Å²) in [6.07, 6.45) is 0.0606. The lowest BCUT2D eigenvalue weighted by molar-refractivity contribution is 0.355. The van der Waals surface area contributed by atoms with Crippen molar-refractivity contribution in [3.63, 3.8) is 0 Å². The van der Waals surface area contributed by atoms with Crippen LogP contribution < -0.4 is 9.47 Å². The Morgan fingerprint density at radius 1 is 0.862 bits per heavy atom. The third kappa shape index (κ3) is 3.91. The van der Waals surface area contributed by atoms with E-state index >= 15 is 0 Å². The summed E-state index contributed by atoms with van der Waals surface area (Å²) >= 11 is 0. The number of ether oxygens (including phenoxy) is 2. The lowest BCUT2D eigenvalue weighted by Gasteiger charge is -2.07. The fourth-order valence-corrected chi connectivity index (χ4v) is 2.67. The van der Waals surface area contributed by atoms with E-state index in [4.69, 9.17) is 18.4 Å². The summed E-state index contributed by atoms with van der Waals surface area (Å²) < 4.78 is 47.8. The molecule has 2 heterocycles. The van der Waals surface area contributed by atoms with Crippen LogP contribution in [0.1, 0.15) is 11.8 Å². The maximum absolute atomic E-state index is 13.4. The van der Waals surface area contributed by atoms with Crippen LogP contribution >= 0.6 is 0 Å². The zero-order chi connectivity index (χ0) is 20.4. The van der Waals surface area contributed by atoms with Crippen LogP contribution in [-0.4, -0.2) is 34.6 Å². The Balaban J connectivity index is 1.53. The van der Waals surface area contributed by atoms with Gasteiger partial charge in [0.15, 0.2) is 11.5 Å². The largest absolute Gasteiger partial charge is 0.493 e. The zero-order valence-electron chi connectivity index (χ0n) is 15.3. The average Bonchev–Trinajstić information content (AvgIpc) is 3.37. The van der Waals surface area contributed by atoms with Gasteiger partial charge in [-0.15, -0.1) is 10.2 Å². The molecule has 0 aliphatic heterocycles. The van der Waals surface area contributed by atoms with Crippen LogP contribution in [0.25, 0.3) is 22.8 Å². The molecular formula is C19H14F2N4O4. The predicted molar refractivity (Wildman–Crippen MR) is 95.3 cm³/mol. The molecule has 0 aliphatic rings. The van der Waals surface area contributed by atoms with E-state index in [-0.39, 0.29) is 29.7 Å². The van der Waals surface area contributed by atoms with E-state index in [1.54, 1.807) is 25.3 Å². The van der Waals surface area contributed by atoms with Crippen LogP contribution in [0, 0.1) is 11.6 Å². The van der Waals surface area contributed by atoms with E-state index in [2.05, 4.69) is 20.3 Å². The van der Waals surface area contributed by atoms with Gasteiger partial charge in [0.05, 0.1) is 14.2 Å². The van der Waals surface area contributed by atoms with Crippen molar-refractivity contribution in [2.75, 3.05) is 14.2 Å². The second-order valence-corrected chi connectivity index (χ2v) is 5.92. The van der Waals surface area contributed by atoms with Crippen molar-refractivity contribution < 1.29 is 27.2 Å². The van der Waals surface area contributed by atoms with Crippen molar-refractivity contribution in [1.82, 2.24) is 20.3 Å². The minimum Gasteiger partial charge on any atom is -0.493 e. The van der Waals surface area contributed by atoms with E-state index in [0.717, 1.165) is 18.2 Å². The Hall–Kier alpha value is -3.82. The summed E-state index contributed by atoms with van der Waals surface area (Å²) in [6.45, 7) is 0. The topological polar surface area (TPSA) is 96.3 Å². The molecule has 0 unspecified atom stereocenters. The van der Waals surface area contributed by atoms with Gasteiger partial charge in [-0.05, 0) is 30.3 Å². The molecule has 148 valence electrons. The predicted octanol–water partition coefficient (Wildman–Crippen LogP) is 3.67. The summed E-state index contributed by atoms with van der Waals surface area (Å²) in [7, 11) is 3.07. The molecule has 0 N–H and O–H groups in total. The maximum Gasteiger partial charge on any atom is 0.247 e. The van der Waals surface area contributed by atoms with Gasteiger partial charge in [0, 0.05) is 17.2 Å². The zero-order valence-corrected chi connectivity index (χ0v) is 15.3. The molecule has 0 fully saturated rings. The Bertz CT molecular complexity index is 1140. The highest BCUT2D eigenvalue weighted by Gasteiger charge is 2.16. The summed E-state index contributed by atoms with van der Waals surface area (Å²) in [6, 6.07) is 8.17. The molecule has 4 rings (SSSR count). The minimum absolute atomic E-state index is 0.0157. The minimum atomic E-state index is -0.740. The number of hydrogen-bond donors (Lipinski definition) is 0. The van der Waals surface area contributed by atoms with Crippen LogP contribution in [0.3, 0.4) is 0 Å². The molecule has 0 saturated carbocycles.